The molecule has 94 valence electrons. The standard InChI is InChI=1S/C13H18ClFN2/c14-11-6-3-7-12(15)10(11)8-13(17-16)9-4-1-2-5-9/h3,6-7,9,13,17H,1-2,4-5,8,16H2. The van der Waals surface area contributed by atoms with Crippen LogP contribution in [0.3, 0.4) is 0 Å². The van der Waals surface area contributed by atoms with Crippen molar-refractivity contribution in [2.24, 2.45) is 11.8 Å². The third kappa shape index (κ3) is 2.97. The molecule has 0 amide bonds. The zero-order valence-electron chi connectivity index (χ0n) is 9.76. The first-order valence-corrected chi connectivity index (χ1v) is 6.49. The van der Waals surface area contributed by atoms with Crippen molar-refractivity contribution in [1.82, 2.24) is 5.43 Å². The van der Waals surface area contributed by atoms with Crippen LogP contribution in [-0.2, 0) is 6.42 Å². The molecule has 1 aromatic rings. The predicted molar refractivity (Wildman–Crippen MR) is 68.2 cm³/mol. The molecule has 1 saturated carbocycles. The molecule has 0 spiro atoms. The van der Waals surface area contributed by atoms with E-state index in [-0.39, 0.29) is 11.9 Å². The Labute approximate surface area is 106 Å². The van der Waals surface area contributed by atoms with Crippen LogP contribution in [0.5, 0.6) is 0 Å². The van der Waals surface area contributed by atoms with E-state index in [2.05, 4.69) is 5.43 Å². The maximum atomic E-state index is 13.7. The summed E-state index contributed by atoms with van der Waals surface area (Å²) in [7, 11) is 0. The van der Waals surface area contributed by atoms with Gasteiger partial charge in [-0.05, 0) is 37.3 Å². The van der Waals surface area contributed by atoms with Gasteiger partial charge in [0, 0.05) is 16.6 Å². The van der Waals surface area contributed by atoms with E-state index in [9.17, 15) is 4.39 Å². The fourth-order valence-corrected chi connectivity index (χ4v) is 2.91. The zero-order chi connectivity index (χ0) is 12.3. The molecule has 1 aromatic carbocycles. The monoisotopic (exact) mass is 256 g/mol. The average molecular weight is 257 g/mol. The van der Waals surface area contributed by atoms with Crippen molar-refractivity contribution >= 4 is 11.6 Å². The molecule has 1 aliphatic carbocycles. The van der Waals surface area contributed by atoms with Crippen molar-refractivity contribution in [3.8, 4) is 0 Å². The quantitative estimate of drug-likeness (QED) is 0.642. The molecule has 2 nitrogen and oxygen atoms in total. The molecule has 0 aromatic heterocycles. The summed E-state index contributed by atoms with van der Waals surface area (Å²) < 4.78 is 13.7. The second-order valence-corrected chi connectivity index (χ2v) is 5.13. The van der Waals surface area contributed by atoms with E-state index in [1.54, 1.807) is 12.1 Å². The van der Waals surface area contributed by atoms with Gasteiger partial charge in [0.1, 0.15) is 5.82 Å². The second-order valence-electron chi connectivity index (χ2n) is 4.72. The number of hydrogen-bond acceptors (Lipinski definition) is 2. The van der Waals surface area contributed by atoms with E-state index in [0.29, 0.717) is 22.9 Å². The molecule has 17 heavy (non-hydrogen) atoms. The van der Waals surface area contributed by atoms with Gasteiger partial charge in [-0.25, -0.2) is 4.39 Å². The van der Waals surface area contributed by atoms with Gasteiger partial charge in [0.2, 0.25) is 0 Å². The number of hydrogen-bond donors (Lipinski definition) is 2. The van der Waals surface area contributed by atoms with Gasteiger partial charge in [0.15, 0.2) is 0 Å². The van der Waals surface area contributed by atoms with Crippen molar-refractivity contribution in [1.29, 1.82) is 0 Å². The summed E-state index contributed by atoms with van der Waals surface area (Å²) in [6.07, 6.45) is 5.39. The first kappa shape index (κ1) is 12.8. The Balaban J connectivity index is 2.12. The third-order valence-electron chi connectivity index (χ3n) is 3.67. The molecule has 4 heteroatoms. The average Bonchev–Trinajstić information content (AvgIpc) is 2.82. The second kappa shape index (κ2) is 5.80. The SMILES string of the molecule is NNC(Cc1c(F)cccc1Cl)C1CCCC1. The van der Waals surface area contributed by atoms with Crippen LogP contribution in [-0.4, -0.2) is 6.04 Å². The van der Waals surface area contributed by atoms with Gasteiger partial charge >= 0.3 is 0 Å². The number of nitrogens with two attached hydrogens (primary N) is 1. The van der Waals surface area contributed by atoms with Gasteiger partial charge in [0.25, 0.3) is 0 Å². The minimum atomic E-state index is -0.240. The highest BCUT2D eigenvalue weighted by Gasteiger charge is 2.25. The van der Waals surface area contributed by atoms with Gasteiger partial charge < -0.3 is 0 Å². The Morgan fingerprint density at radius 1 is 1.41 bits per heavy atom. The fourth-order valence-electron chi connectivity index (χ4n) is 2.67. The highest BCUT2D eigenvalue weighted by molar-refractivity contribution is 6.31. The molecule has 0 bridgehead atoms. The smallest absolute Gasteiger partial charge is 0.127 e. The van der Waals surface area contributed by atoms with Crippen molar-refractivity contribution in [2.45, 2.75) is 38.1 Å². The van der Waals surface area contributed by atoms with Crippen LogP contribution < -0.4 is 11.3 Å². The Kier molecular flexibility index (Phi) is 4.37. The molecule has 1 aliphatic rings. The number of rotatable bonds is 4. The molecular formula is C13H18ClFN2. The Morgan fingerprint density at radius 2 is 2.12 bits per heavy atom. The lowest BCUT2D eigenvalue weighted by Crippen LogP contribution is -2.41. The molecular weight excluding hydrogens is 239 g/mol. The Morgan fingerprint density at radius 3 is 2.71 bits per heavy atom. The lowest BCUT2D eigenvalue weighted by molar-refractivity contribution is 0.358. The molecule has 1 atom stereocenters. The normalized spacial score (nSPS) is 18.5. The van der Waals surface area contributed by atoms with E-state index < -0.39 is 0 Å². The van der Waals surface area contributed by atoms with Gasteiger partial charge in [-0.1, -0.05) is 30.5 Å². The topological polar surface area (TPSA) is 38.0 Å². The summed E-state index contributed by atoms with van der Waals surface area (Å²) in [6.45, 7) is 0. The molecule has 1 fully saturated rings. The molecule has 2 rings (SSSR count). The van der Waals surface area contributed by atoms with Crippen molar-refractivity contribution in [3.63, 3.8) is 0 Å². The van der Waals surface area contributed by atoms with Crippen LogP contribution in [0.15, 0.2) is 18.2 Å². The van der Waals surface area contributed by atoms with E-state index in [1.165, 1.54) is 31.7 Å². The fraction of sp³-hybridized carbons (Fsp3) is 0.538. The van der Waals surface area contributed by atoms with Crippen LogP contribution in [0.2, 0.25) is 5.02 Å². The van der Waals surface area contributed by atoms with Crippen LogP contribution in [0.25, 0.3) is 0 Å². The first-order chi connectivity index (χ1) is 8.22. The van der Waals surface area contributed by atoms with Gasteiger partial charge in [-0.3, -0.25) is 11.3 Å². The maximum absolute atomic E-state index is 13.7. The number of hydrazine groups is 1. The van der Waals surface area contributed by atoms with E-state index in [4.69, 9.17) is 17.4 Å². The summed E-state index contributed by atoms with van der Waals surface area (Å²) >= 11 is 6.03. The van der Waals surface area contributed by atoms with E-state index >= 15 is 0 Å². The minimum Gasteiger partial charge on any atom is -0.271 e. The van der Waals surface area contributed by atoms with Crippen molar-refractivity contribution in [3.05, 3.63) is 34.6 Å². The Hall–Kier alpha value is -0.640. The molecule has 0 heterocycles. The summed E-state index contributed by atoms with van der Waals surface area (Å²) in [5.74, 6) is 5.88. The summed E-state index contributed by atoms with van der Waals surface area (Å²) in [4.78, 5) is 0. The molecule has 3 N–H and O–H groups in total. The lowest BCUT2D eigenvalue weighted by atomic mass is 9.92. The summed E-state index contributed by atoms with van der Waals surface area (Å²) in [5.41, 5.74) is 3.39. The third-order valence-corrected chi connectivity index (χ3v) is 4.02. The number of benzene rings is 1. The predicted octanol–water partition coefficient (Wildman–Crippen LogP) is 3.04. The van der Waals surface area contributed by atoms with Crippen LogP contribution >= 0.6 is 11.6 Å². The maximum Gasteiger partial charge on any atom is 0.127 e. The largest absolute Gasteiger partial charge is 0.271 e. The van der Waals surface area contributed by atoms with Gasteiger partial charge in [-0.15, -0.1) is 0 Å². The van der Waals surface area contributed by atoms with E-state index in [0.717, 1.165) is 0 Å². The number of halogens is 2. The Bertz CT molecular complexity index is 357. The first-order valence-electron chi connectivity index (χ1n) is 6.11. The molecule has 0 radical (unpaired) electrons. The molecule has 0 aliphatic heterocycles. The minimum absolute atomic E-state index is 0.117. The van der Waals surface area contributed by atoms with Crippen LogP contribution in [0.4, 0.5) is 4.39 Å². The molecule has 0 saturated heterocycles. The van der Waals surface area contributed by atoms with Crippen LogP contribution in [0.1, 0.15) is 31.2 Å². The summed E-state index contributed by atoms with van der Waals surface area (Å²) in [5, 5.41) is 0.489. The summed E-state index contributed by atoms with van der Waals surface area (Å²) in [6, 6.07) is 4.92. The highest BCUT2D eigenvalue weighted by atomic mass is 35.5. The van der Waals surface area contributed by atoms with Gasteiger partial charge in [-0.2, -0.15) is 0 Å². The van der Waals surface area contributed by atoms with E-state index in [1.807, 2.05) is 0 Å². The lowest BCUT2D eigenvalue weighted by Gasteiger charge is -2.23. The van der Waals surface area contributed by atoms with Crippen molar-refractivity contribution < 1.29 is 4.39 Å². The van der Waals surface area contributed by atoms with Gasteiger partial charge in [0.05, 0.1) is 0 Å². The highest BCUT2D eigenvalue weighted by Crippen LogP contribution is 2.30. The zero-order valence-corrected chi connectivity index (χ0v) is 10.5. The van der Waals surface area contributed by atoms with Crippen LogP contribution in [0, 0.1) is 11.7 Å². The number of nitrogens with one attached hydrogen (secondary N) is 1. The molecule has 1 unspecified atom stereocenters. The van der Waals surface area contributed by atoms with Crippen molar-refractivity contribution in [2.75, 3.05) is 0 Å².